The summed E-state index contributed by atoms with van der Waals surface area (Å²) in [5, 5.41) is 13.4. The molecule has 0 aliphatic rings. The molecule has 0 radical (unpaired) electrons. The van der Waals surface area contributed by atoms with Crippen molar-refractivity contribution in [2.75, 3.05) is 6.54 Å². The van der Waals surface area contributed by atoms with E-state index in [4.69, 9.17) is 0 Å². The van der Waals surface area contributed by atoms with Crippen LogP contribution in [0.2, 0.25) is 0 Å². The molecular formula is C15H23BrFNO. The molecule has 0 saturated carbocycles. The Hall–Kier alpha value is -0.450. The minimum Gasteiger partial charge on any atom is -0.389 e. The summed E-state index contributed by atoms with van der Waals surface area (Å²) in [6.45, 7) is 8.30. The van der Waals surface area contributed by atoms with E-state index in [-0.39, 0.29) is 11.9 Å². The summed E-state index contributed by atoms with van der Waals surface area (Å²) in [6.07, 6.45) is 0.716. The Labute approximate surface area is 123 Å². The van der Waals surface area contributed by atoms with Crippen LogP contribution < -0.4 is 5.32 Å². The monoisotopic (exact) mass is 331 g/mol. The van der Waals surface area contributed by atoms with E-state index in [1.54, 1.807) is 12.1 Å². The fourth-order valence-corrected chi connectivity index (χ4v) is 2.66. The minimum atomic E-state index is -0.773. The van der Waals surface area contributed by atoms with Crippen LogP contribution in [0.25, 0.3) is 0 Å². The molecule has 0 amide bonds. The average molecular weight is 332 g/mol. The maximum Gasteiger partial charge on any atom is 0.128 e. The molecule has 0 heterocycles. The molecule has 0 spiro atoms. The van der Waals surface area contributed by atoms with Gasteiger partial charge in [-0.25, -0.2) is 4.39 Å². The standard InChI is InChI=1S/C15H23BrFNO/c1-10(2)8-15(4,19)9-18-11(3)13-7-12(16)5-6-14(13)17/h5-7,10-11,18-19H,8-9H2,1-4H3. The third-order valence-electron chi connectivity index (χ3n) is 3.06. The lowest BCUT2D eigenvalue weighted by Crippen LogP contribution is -2.40. The van der Waals surface area contributed by atoms with Crippen molar-refractivity contribution >= 4 is 15.9 Å². The van der Waals surface area contributed by atoms with E-state index in [2.05, 4.69) is 35.1 Å². The number of hydrogen-bond donors (Lipinski definition) is 2. The third-order valence-corrected chi connectivity index (χ3v) is 3.55. The van der Waals surface area contributed by atoms with Gasteiger partial charge in [-0.15, -0.1) is 0 Å². The lowest BCUT2D eigenvalue weighted by molar-refractivity contribution is 0.0362. The van der Waals surface area contributed by atoms with Gasteiger partial charge in [0.15, 0.2) is 0 Å². The molecule has 108 valence electrons. The van der Waals surface area contributed by atoms with Crippen LogP contribution in [0.1, 0.15) is 45.7 Å². The second-order valence-electron chi connectivity index (χ2n) is 5.86. The number of rotatable bonds is 6. The van der Waals surface area contributed by atoms with E-state index in [0.717, 1.165) is 4.47 Å². The summed E-state index contributed by atoms with van der Waals surface area (Å²) >= 11 is 3.34. The van der Waals surface area contributed by atoms with Gasteiger partial charge in [0.1, 0.15) is 5.82 Å². The Bertz CT molecular complexity index is 421. The largest absolute Gasteiger partial charge is 0.389 e. The smallest absolute Gasteiger partial charge is 0.128 e. The lowest BCUT2D eigenvalue weighted by Gasteiger charge is -2.28. The highest BCUT2D eigenvalue weighted by atomic mass is 79.9. The van der Waals surface area contributed by atoms with Gasteiger partial charge in [0.05, 0.1) is 5.60 Å². The lowest BCUT2D eigenvalue weighted by atomic mass is 9.94. The predicted molar refractivity (Wildman–Crippen MR) is 80.6 cm³/mol. The van der Waals surface area contributed by atoms with Gasteiger partial charge < -0.3 is 10.4 Å². The molecule has 0 aromatic heterocycles. The van der Waals surface area contributed by atoms with Crippen LogP contribution in [0.3, 0.4) is 0 Å². The summed E-state index contributed by atoms with van der Waals surface area (Å²) in [5.41, 5.74) is -0.167. The van der Waals surface area contributed by atoms with E-state index in [9.17, 15) is 9.50 Å². The van der Waals surface area contributed by atoms with Crippen molar-refractivity contribution in [2.24, 2.45) is 5.92 Å². The van der Waals surface area contributed by atoms with Crippen molar-refractivity contribution in [3.05, 3.63) is 34.1 Å². The first-order valence-corrected chi connectivity index (χ1v) is 7.41. The fraction of sp³-hybridized carbons (Fsp3) is 0.600. The maximum absolute atomic E-state index is 13.7. The SMILES string of the molecule is CC(C)CC(C)(O)CNC(C)c1cc(Br)ccc1F. The Balaban J connectivity index is 2.65. The number of hydrogen-bond acceptors (Lipinski definition) is 2. The fourth-order valence-electron chi connectivity index (χ4n) is 2.28. The van der Waals surface area contributed by atoms with Crippen molar-refractivity contribution in [1.82, 2.24) is 5.32 Å². The van der Waals surface area contributed by atoms with Crippen molar-refractivity contribution in [3.63, 3.8) is 0 Å². The summed E-state index contributed by atoms with van der Waals surface area (Å²) in [7, 11) is 0. The molecular weight excluding hydrogens is 309 g/mol. The first kappa shape index (κ1) is 16.6. The number of benzene rings is 1. The quantitative estimate of drug-likeness (QED) is 0.824. The summed E-state index contributed by atoms with van der Waals surface area (Å²) in [4.78, 5) is 0. The molecule has 1 rings (SSSR count). The van der Waals surface area contributed by atoms with E-state index in [1.807, 2.05) is 13.8 Å². The zero-order valence-corrected chi connectivity index (χ0v) is 13.6. The van der Waals surface area contributed by atoms with Gasteiger partial charge in [-0.05, 0) is 44.4 Å². The van der Waals surface area contributed by atoms with Crippen molar-refractivity contribution in [2.45, 2.75) is 45.8 Å². The highest BCUT2D eigenvalue weighted by Gasteiger charge is 2.23. The molecule has 1 aromatic carbocycles. The van der Waals surface area contributed by atoms with Crippen molar-refractivity contribution < 1.29 is 9.50 Å². The Morgan fingerprint density at radius 3 is 2.58 bits per heavy atom. The topological polar surface area (TPSA) is 32.3 Å². The zero-order chi connectivity index (χ0) is 14.6. The van der Waals surface area contributed by atoms with Crippen LogP contribution in [0.4, 0.5) is 4.39 Å². The maximum atomic E-state index is 13.7. The molecule has 0 bridgehead atoms. The van der Waals surface area contributed by atoms with Crippen molar-refractivity contribution in [3.8, 4) is 0 Å². The summed E-state index contributed by atoms with van der Waals surface area (Å²) in [5.74, 6) is 0.196. The summed E-state index contributed by atoms with van der Waals surface area (Å²) in [6, 6.07) is 4.75. The van der Waals surface area contributed by atoms with Gasteiger partial charge in [0.25, 0.3) is 0 Å². The van der Waals surface area contributed by atoms with Crippen LogP contribution in [-0.4, -0.2) is 17.3 Å². The number of halogens is 2. The van der Waals surface area contributed by atoms with Gasteiger partial charge in [-0.3, -0.25) is 0 Å². The van der Waals surface area contributed by atoms with Gasteiger partial charge in [-0.2, -0.15) is 0 Å². The molecule has 1 aromatic rings. The first-order chi connectivity index (χ1) is 8.71. The van der Waals surface area contributed by atoms with Crippen LogP contribution in [0.5, 0.6) is 0 Å². The Morgan fingerprint density at radius 1 is 1.37 bits per heavy atom. The zero-order valence-electron chi connectivity index (χ0n) is 12.0. The van der Waals surface area contributed by atoms with Crippen LogP contribution in [0.15, 0.2) is 22.7 Å². The van der Waals surface area contributed by atoms with Gasteiger partial charge >= 0.3 is 0 Å². The van der Waals surface area contributed by atoms with E-state index in [0.29, 0.717) is 24.4 Å². The van der Waals surface area contributed by atoms with Gasteiger partial charge in [0, 0.05) is 22.6 Å². The molecule has 0 saturated heterocycles. The second kappa shape index (κ2) is 6.82. The second-order valence-corrected chi connectivity index (χ2v) is 6.78. The molecule has 2 nitrogen and oxygen atoms in total. The highest BCUT2D eigenvalue weighted by Crippen LogP contribution is 2.23. The number of nitrogens with one attached hydrogen (secondary N) is 1. The number of aliphatic hydroxyl groups is 1. The molecule has 19 heavy (non-hydrogen) atoms. The van der Waals surface area contributed by atoms with Gasteiger partial charge in [0.2, 0.25) is 0 Å². The third kappa shape index (κ3) is 5.59. The molecule has 2 atom stereocenters. The minimum absolute atomic E-state index is 0.142. The van der Waals surface area contributed by atoms with Crippen molar-refractivity contribution in [1.29, 1.82) is 0 Å². The Kier molecular flexibility index (Phi) is 5.96. The average Bonchev–Trinajstić information content (AvgIpc) is 2.27. The molecule has 0 aliphatic carbocycles. The molecule has 2 unspecified atom stereocenters. The van der Waals surface area contributed by atoms with Crippen LogP contribution in [0, 0.1) is 11.7 Å². The molecule has 0 fully saturated rings. The normalized spacial score (nSPS) is 16.4. The van der Waals surface area contributed by atoms with E-state index >= 15 is 0 Å². The van der Waals surface area contributed by atoms with Gasteiger partial charge in [-0.1, -0.05) is 29.8 Å². The Morgan fingerprint density at radius 2 is 2.00 bits per heavy atom. The van der Waals surface area contributed by atoms with Crippen LogP contribution in [-0.2, 0) is 0 Å². The summed E-state index contributed by atoms with van der Waals surface area (Å²) < 4.78 is 14.6. The highest BCUT2D eigenvalue weighted by molar-refractivity contribution is 9.10. The molecule has 2 N–H and O–H groups in total. The van der Waals surface area contributed by atoms with E-state index < -0.39 is 5.60 Å². The molecule has 4 heteroatoms. The van der Waals surface area contributed by atoms with E-state index in [1.165, 1.54) is 6.07 Å². The predicted octanol–water partition coefficient (Wildman–Crippen LogP) is 4.04. The van der Waals surface area contributed by atoms with Crippen LogP contribution >= 0.6 is 15.9 Å². The molecule has 0 aliphatic heterocycles. The first-order valence-electron chi connectivity index (χ1n) is 6.62.